The van der Waals surface area contributed by atoms with E-state index in [9.17, 15) is 4.79 Å². The molecule has 26 heavy (non-hydrogen) atoms. The van der Waals surface area contributed by atoms with Crippen LogP contribution in [0.5, 0.6) is 0 Å². The standard InChI is InChI=1S/C20H20ClNO2.C2H6/c1-12(2)18(22)20-16(10-13-6-4-3-5-7-13)19(23)15-9-8-14(21)11-17(15)24-20;1-2/h3-9,11-12,18H,10,22H2,1-2H3;1-2H3. The van der Waals surface area contributed by atoms with Crippen molar-refractivity contribution in [1.82, 2.24) is 0 Å². The summed E-state index contributed by atoms with van der Waals surface area (Å²) in [5.74, 6) is 0.702. The van der Waals surface area contributed by atoms with Crippen molar-refractivity contribution >= 4 is 22.6 Å². The van der Waals surface area contributed by atoms with Crippen LogP contribution in [0, 0.1) is 5.92 Å². The fourth-order valence-corrected chi connectivity index (χ4v) is 2.92. The van der Waals surface area contributed by atoms with Crippen molar-refractivity contribution in [3.05, 3.63) is 80.7 Å². The minimum atomic E-state index is -0.347. The number of nitrogens with two attached hydrogens (primary N) is 1. The Morgan fingerprint density at radius 2 is 1.73 bits per heavy atom. The predicted octanol–water partition coefficient (Wildman–Crippen LogP) is 5.72. The van der Waals surface area contributed by atoms with Crippen LogP contribution in [0.25, 0.3) is 11.0 Å². The highest BCUT2D eigenvalue weighted by Gasteiger charge is 2.22. The zero-order chi connectivity index (χ0) is 19.3. The molecule has 4 heteroatoms. The third-order valence-corrected chi connectivity index (χ3v) is 4.46. The molecule has 3 aromatic rings. The van der Waals surface area contributed by atoms with Gasteiger partial charge in [-0.2, -0.15) is 0 Å². The van der Waals surface area contributed by atoms with Crippen LogP contribution in [0.15, 0.2) is 57.7 Å². The zero-order valence-corrected chi connectivity index (χ0v) is 16.5. The van der Waals surface area contributed by atoms with E-state index in [1.54, 1.807) is 18.2 Å². The first-order chi connectivity index (χ1) is 12.5. The summed E-state index contributed by atoms with van der Waals surface area (Å²) >= 11 is 6.04. The molecule has 3 rings (SSSR count). The summed E-state index contributed by atoms with van der Waals surface area (Å²) in [5, 5.41) is 1.07. The maximum absolute atomic E-state index is 13.0. The quantitative estimate of drug-likeness (QED) is 0.638. The molecule has 0 aliphatic rings. The molecular formula is C22H26ClNO2. The molecular weight excluding hydrogens is 346 g/mol. The highest BCUT2D eigenvalue weighted by atomic mass is 35.5. The Balaban J connectivity index is 0.00000117. The molecule has 138 valence electrons. The Bertz CT molecular complexity index is 917. The average Bonchev–Trinajstić information content (AvgIpc) is 2.65. The number of halogens is 1. The summed E-state index contributed by atoms with van der Waals surface area (Å²) in [6.07, 6.45) is 0.498. The molecule has 3 nitrogen and oxygen atoms in total. The average molecular weight is 372 g/mol. The Labute approximate surface area is 159 Å². The molecule has 2 aromatic carbocycles. The van der Waals surface area contributed by atoms with Gasteiger partial charge in [0.2, 0.25) is 0 Å². The van der Waals surface area contributed by atoms with E-state index in [1.807, 2.05) is 58.0 Å². The van der Waals surface area contributed by atoms with Gasteiger partial charge in [0, 0.05) is 23.1 Å². The van der Waals surface area contributed by atoms with Gasteiger partial charge in [-0.15, -0.1) is 0 Å². The summed E-state index contributed by atoms with van der Waals surface area (Å²) in [4.78, 5) is 13.0. The van der Waals surface area contributed by atoms with Crippen LogP contribution in [0.1, 0.15) is 50.6 Å². The normalized spacial score (nSPS) is 12.0. The lowest BCUT2D eigenvalue weighted by molar-refractivity contribution is 0.406. The summed E-state index contributed by atoms with van der Waals surface area (Å²) in [5.41, 5.74) is 8.44. The molecule has 0 saturated carbocycles. The second-order valence-electron chi connectivity index (χ2n) is 6.35. The van der Waals surface area contributed by atoms with Crippen LogP contribution in [-0.2, 0) is 6.42 Å². The molecule has 1 aromatic heterocycles. The van der Waals surface area contributed by atoms with Gasteiger partial charge in [-0.3, -0.25) is 4.79 Å². The number of rotatable bonds is 4. The largest absolute Gasteiger partial charge is 0.459 e. The first-order valence-corrected chi connectivity index (χ1v) is 9.40. The highest BCUT2D eigenvalue weighted by Crippen LogP contribution is 2.27. The summed E-state index contributed by atoms with van der Waals surface area (Å²) in [6, 6.07) is 14.6. The maximum atomic E-state index is 13.0. The number of benzene rings is 2. The molecule has 0 bridgehead atoms. The van der Waals surface area contributed by atoms with Crippen molar-refractivity contribution in [3.8, 4) is 0 Å². The van der Waals surface area contributed by atoms with E-state index in [4.69, 9.17) is 21.8 Å². The smallest absolute Gasteiger partial charge is 0.196 e. The lowest BCUT2D eigenvalue weighted by Gasteiger charge is -2.19. The summed E-state index contributed by atoms with van der Waals surface area (Å²) in [7, 11) is 0. The Morgan fingerprint density at radius 1 is 1.08 bits per heavy atom. The predicted molar refractivity (Wildman–Crippen MR) is 110 cm³/mol. The van der Waals surface area contributed by atoms with Crippen molar-refractivity contribution in [1.29, 1.82) is 0 Å². The Morgan fingerprint density at radius 3 is 2.35 bits per heavy atom. The topological polar surface area (TPSA) is 56.2 Å². The minimum absolute atomic E-state index is 0.0390. The zero-order valence-electron chi connectivity index (χ0n) is 15.8. The number of fused-ring (bicyclic) bond motifs is 1. The first kappa shape index (κ1) is 20.2. The van der Waals surface area contributed by atoms with Gasteiger partial charge in [0.25, 0.3) is 0 Å². The van der Waals surface area contributed by atoms with Crippen LogP contribution in [0.2, 0.25) is 5.02 Å². The summed E-state index contributed by atoms with van der Waals surface area (Å²) < 4.78 is 6.04. The van der Waals surface area contributed by atoms with Gasteiger partial charge < -0.3 is 10.2 Å². The van der Waals surface area contributed by atoms with Gasteiger partial charge in [0.15, 0.2) is 5.43 Å². The second kappa shape index (κ2) is 9.02. The van der Waals surface area contributed by atoms with Gasteiger partial charge in [-0.25, -0.2) is 0 Å². The molecule has 0 fully saturated rings. The van der Waals surface area contributed by atoms with Crippen LogP contribution < -0.4 is 11.2 Å². The molecule has 1 unspecified atom stereocenters. The van der Waals surface area contributed by atoms with E-state index < -0.39 is 0 Å². The first-order valence-electron chi connectivity index (χ1n) is 9.02. The molecule has 1 atom stereocenters. The van der Waals surface area contributed by atoms with Crippen LogP contribution in [0.4, 0.5) is 0 Å². The molecule has 0 saturated heterocycles. The van der Waals surface area contributed by atoms with Crippen molar-refractivity contribution in [2.75, 3.05) is 0 Å². The van der Waals surface area contributed by atoms with Crippen molar-refractivity contribution in [2.45, 2.75) is 40.2 Å². The van der Waals surface area contributed by atoms with E-state index in [-0.39, 0.29) is 17.4 Å². The van der Waals surface area contributed by atoms with Crippen molar-refractivity contribution in [2.24, 2.45) is 11.7 Å². The van der Waals surface area contributed by atoms with E-state index >= 15 is 0 Å². The monoisotopic (exact) mass is 371 g/mol. The SMILES string of the molecule is CC.CC(C)C(N)c1oc2cc(Cl)ccc2c(=O)c1Cc1ccccc1. The highest BCUT2D eigenvalue weighted by molar-refractivity contribution is 6.31. The van der Waals surface area contributed by atoms with Gasteiger partial charge in [0.05, 0.1) is 11.4 Å². The molecule has 2 N–H and O–H groups in total. The fourth-order valence-electron chi connectivity index (χ4n) is 2.76. The van der Waals surface area contributed by atoms with Crippen LogP contribution in [-0.4, -0.2) is 0 Å². The maximum Gasteiger partial charge on any atom is 0.196 e. The molecule has 0 spiro atoms. The molecule has 0 aliphatic heterocycles. The van der Waals surface area contributed by atoms with Gasteiger partial charge in [-0.05, 0) is 23.6 Å². The van der Waals surface area contributed by atoms with Gasteiger partial charge >= 0.3 is 0 Å². The lowest BCUT2D eigenvalue weighted by atomic mass is 9.94. The molecule has 0 radical (unpaired) electrons. The van der Waals surface area contributed by atoms with E-state index in [0.29, 0.717) is 33.7 Å². The number of hydrogen-bond acceptors (Lipinski definition) is 3. The molecule has 1 heterocycles. The number of hydrogen-bond donors (Lipinski definition) is 1. The van der Waals surface area contributed by atoms with Crippen LogP contribution in [0.3, 0.4) is 0 Å². The van der Waals surface area contributed by atoms with E-state index in [0.717, 1.165) is 5.56 Å². The van der Waals surface area contributed by atoms with Crippen molar-refractivity contribution in [3.63, 3.8) is 0 Å². The molecule has 0 aliphatic carbocycles. The third kappa shape index (κ3) is 4.35. The lowest BCUT2D eigenvalue weighted by Crippen LogP contribution is -2.23. The van der Waals surface area contributed by atoms with Gasteiger partial charge in [-0.1, -0.05) is 69.6 Å². The second-order valence-corrected chi connectivity index (χ2v) is 6.78. The Kier molecular flexibility index (Phi) is 7.01. The molecule has 0 amide bonds. The third-order valence-electron chi connectivity index (χ3n) is 4.22. The van der Waals surface area contributed by atoms with Gasteiger partial charge in [0.1, 0.15) is 11.3 Å². The summed E-state index contributed by atoms with van der Waals surface area (Å²) in [6.45, 7) is 8.03. The Hall–Kier alpha value is -2.10. The fraction of sp³-hybridized carbons (Fsp3) is 0.318. The van der Waals surface area contributed by atoms with E-state index in [2.05, 4.69) is 0 Å². The van der Waals surface area contributed by atoms with Crippen molar-refractivity contribution < 1.29 is 4.42 Å². The minimum Gasteiger partial charge on any atom is -0.459 e. The van der Waals surface area contributed by atoms with Crippen LogP contribution >= 0.6 is 11.6 Å². The van der Waals surface area contributed by atoms with E-state index in [1.165, 1.54) is 0 Å².